The molecule has 6 nitrogen and oxygen atoms in total. The molecule has 0 amide bonds. The van der Waals surface area contributed by atoms with Crippen molar-refractivity contribution >= 4 is 5.97 Å². The van der Waals surface area contributed by atoms with E-state index in [1.807, 2.05) is 11.0 Å². The molecule has 26 heavy (non-hydrogen) atoms. The third-order valence-corrected chi connectivity index (χ3v) is 4.18. The first-order chi connectivity index (χ1) is 12.3. The Hall–Kier alpha value is -2.68. The lowest BCUT2D eigenvalue weighted by molar-refractivity contribution is -0.145. The number of ether oxygens (including phenoxy) is 1. The predicted octanol–water partition coefficient (Wildman–Crippen LogP) is 2.13. The van der Waals surface area contributed by atoms with E-state index in [9.17, 15) is 22.8 Å². The highest BCUT2D eigenvalue weighted by Crippen LogP contribution is 2.26. The average molecular weight is 367 g/mol. The van der Waals surface area contributed by atoms with E-state index in [1.54, 1.807) is 23.2 Å². The second-order valence-corrected chi connectivity index (χ2v) is 5.99. The minimum absolute atomic E-state index is 0.130. The lowest BCUT2D eigenvalue weighted by Gasteiger charge is -2.28. The Morgan fingerprint density at radius 2 is 2.15 bits per heavy atom. The Kier molecular flexibility index (Phi) is 4.82. The Balaban J connectivity index is 1.81. The summed E-state index contributed by atoms with van der Waals surface area (Å²) in [6.45, 7) is 1.05. The number of fused-ring (bicyclic) bond motifs is 1. The number of nitrogens with zero attached hydrogens (tertiary/aromatic N) is 2. The maximum Gasteiger partial charge on any atom is 0.449 e. The highest BCUT2D eigenvalue weighted by atomic mass is 19.4. The summed E-state index contributed by atoms with van der Waals surface area (Å²) < 4.78 is 43.2. The van der Waals surface area contributed by atoms with Crippen molar-refractivity contribution in [3.63, 3.8) is 0 Å². The fourth-order valence-electron chi connectivity index (χ4n) is 2.94. The van der Waals surface area contributed by atoms with Crippen LogP contribution in [0.3, 0.4) is 0 Å². The van der Waals surface area contributed by atoms with E-state index in [0.29, 0.717) is 25.1 Å². The number of esters is 1. The molecule has 1 aliphatic rings. The van der Waals surface area contributed by atoms with Gasteiger partial charge < -0.3 is 9.72 Å². The first-order valence-electron chi connectivity index (χ1n) is 7.87. The number of aromatic nitrogens is 2. The SMILES string of the molecule is COC(=O)c1cccc(CN2CCc3c(nc(C(F)(F)F)[nH]c3=O)C2)c1. The Morgan fingerprint density at radius 1 is 1.38 bits per heavy atom. The number of methoxy groups -OCH3 is 1. The third kappa shape index (κ3) is 3.77. The largest absolute Gasteiger partial charge is 0.465 e. The number of carbonyl (C=O) groups is 1. The van der Waals surface area contributed by atoms with Crippen LogP contribution in [-0.2, 0) is 30.4 Å². The van der Waals surface area contributed by atoms with Gasteiger partial charge in [0.05, 0.1) is 18.4 Å². The van der Waals surface area contributed by atoms with Crippen LogP contribution in [0.15, 0.2) is 29.1 Å². The molecular weight excluding hydrogens is 351 g/mol. The molecule has 1 aliphatic heterocycles. The first kappa shape index (κ1) is 18.1. The number of alkyl halides is 3. The minimum Gasteiger partial charge on any atom is -0.465 e. The van der Waals surface area contributed by atoms with Gasteiger partial charge in [0.2, 0.25) is 5.82 Å². The summed E-state index contributed by atoms with van der Waals surface area (Å²) in [6, 6.07) is 6.82. The smallest absolute Gasteiger partial charge is 0.449 e. The number of H-pyrrole nitrogens is 1. The second-order valence-electron chi connectivity index (χ2n) is 5.99. The fourth-order valence-corrected chi connectivity index (χ4v) is 2.94. The van der Waals surface area contributed by atoms with E-state index in [2.05, 4.69) is 9.72 Å². The van der Waals surface area contributed by atoms with E-state index in [4.69, 9.17) is 0 Å². The van der Waals surface area contributed by atoms with Gasteiger partial charge in [-0.15, -0.1) is 0 Å². The maximum atomic E-state index is 12.8. The molecule has 0 spiro atoms. The number of hydrogen-bond donors (Lipinski definition) is 1. The van der Waals surface area contributed by atoms with Gasteiger partial charge in [-0.2, -0.15) is 13.2 Å². The molecule has 1 aromatic heterocycles. The van der Waals surface area contributed by atoms with Gasteiger partial charge in [0.1, 0.15) is 0 Å². The van der Waals surface area contributed by atoms with Gasteiger partial charge in [-0.25, -0.2) is 9.78 Å². The van der Waals surface area contributed by atoms with E-state index >= 15 is 0 Å². The Bertz CT molecular complexity index is 893. The molecule has 3 rings (SSSR count). The van der Waals surface area contributed by atoms with Crippen molar-refractivity contribution in [2.45, 2.75) is 25.7 Å². The van der Waals surface area contributed by atoms with Crippen molar-refractivity contribution in [2.24, 2.45) is 0 Å². The number of hydrogen-bond acceptors (Lipinski definition) is 5. The molecule has 138 valence electrons. The van der Waals surface area contributed by atoms with Crippen LogP contribution in [0.25, 0.3) is 0 Å². The van der Waals surface area contributed by atoms with Crippen molar-refractivity contribution < 1.29 is 22.7 Å². The fraction of sp³-hybridized carbons (Fsp3) is 0.353. The highest BCUT2D eigenvalue weighted by molar-refractivity contribution is 5.89. The molecule has 0 aliphatic carbocycles. The summed E-state index contributed by atoms with van der Waals surface area (Å²) in [7, 11) is 1.29. The lowest BCUT2D eigenvalue weighted by Crippen LogP contribution is -2.36. The van der Waals surface area contributed by atoms with Gasteiger partial charge >= 0.3 is 12.1 Å². The molecule has 1 aromatic carbocycles. The van der Waals surface area contributed by atoms with Crippen LogP contribution < -0.4 is 5.56 Å². The van der Waals surface area contributed by atoms with Gasteiger partial charge in [0.25, 0.3) is 5.56 Å². The zero-order chi connectivity index (χ0) is 18.9. The predicted molar refractivity (Wildman–Crippen MR) is 85.5 cm³/mol. The molecular formula is C17H16F3N3O3. The standard InChI is InChI=1S/C17H16F3N3O3/c1-26-15(25)11-4-2-3-10(7-11)8-23-6-5-12-13(9-23)21-16(17(18,19)20)22-14(12)24/h2-4,7H,5-6,8-9H2,1H3,(H,21,22,24). The molecule has 0 saturated carbocycles. The number of aromatic amines is 1. The van der Waals surface area contributed by atoms with Crippen molar-refractivity contribution in [2.75, 3.05) is 13.7 Å². The van der Waals surface area contributed by atoms with Crippen LogP contribution in [0.4, 0.5) is 13.2 Å². The topological polar surface area (TPSA) is 75.3 Å². The molecule has 9 heteroatoms. The summed E-state index contributed by atoms with van der Waals surface area (Å²) in [5.74, 6) is -1.74. The van der Waals surface area contributed by atoms with E-state index in [0.717, 1.165) is 5.56 Å². The summed E-state index contributed by atoms with van der Waals surface area (Å²) in [4.78, 5) is 30.8. The number of carbonyl (C=O) groups excluding carboxylic acids is 1. The van der Waals surface area contributed by atoms with Gasteiger partial charge in [0, 0.05) is 25.2 Å². The van der Waals surface area contributed by atoms with Crippen molar-refractivity contribution in [1.29, 1.82) is 0 Å². The molecule has 2 aromatic rings. The summed E-state index contributed by atoms with van der Waals surface area (Å²) >= 11 is 0. The summed E-state index contributed by atoms with van der Waals surface area (Å²) in [6.07, 6.45) is -4.39. The van der Waals surface area contributed by atoms with Crippen LogP contribution in [0.1, 0.15) is 33.0 Å². The van der Waals surface area contributed by atoms with Crippen LogP contribution >= 0.6 is 0 Å². The van der Waals surface area contributed by atoms with Crippen molar-refractivity contribution in [1.82, 2.24) is 14.9 Å². The minimum atomic E-state index is -4.70. The molecule has 0 saturated heterocycles. The number of nitrogens with one attached hydrogen (secondary N) is 1. The van der Waals surface area contributed by atoms with Gasteiger partial charge in [0.15, 0.2) is 0 Å². The van der Waals surface area contributed by atoms with Crippen LogP contribution in [0.5, 0.6) is 0 Å². The zero-order valence-corrected chi connectivity index (χ0v) is 13.9. The summed E-state index contributed by atoms with van der Waals surface area (Å²) in [5.41, 5.74) is 0.900. The first-order valence-corrected chi connectivity index (χ1v) is 7.87. The number of halogens is 3. The Morgan fingerprint density at radius 3 is 2.85 bits per heavy atom. The quantitative estimate of drug-likeness (QED) is 0.842. The third-order valence-electron chi connectivity index (χ3n) is 4.18. The van der Waals surface area contributed by atoms with Crippen molar-refractivity contribution in [3.8, 4) is 0 Å². The maximum absolute atomic E-state index is 12.8. The lowest BCUT2D eigenvalue weighted by atomic mass is 10.0. The van der Waals surface area contributed by atoms with Crippen molar-refractivity contribution in [3.05, 3.63) is 62.8 Å². The molecule has 0 unspecified atom stereocenters. The molecule has 1 N–H and O–H groups in total. The van der Waals surface area contributed by atoms with E-state index in [1.165, 1.54) is 7.11 Å². The molecule has 0 radical (unpaired) electrons. The molecule has 0 bridgehead atoms. The monoisotopic (exact) mass is 367 g/mol. The molecule has 2 heterocycles. The Labute approximate surface area is 146 Å². The summed E-state index contributed by atoms with van der Waals surface area (Å²) in [5, 5.41) is 0. The van der Waals surface area contributed by atoms with E-state index in [-0.39, 0.29) is 17.8 Å². The average Bonchev–Trinajstić information content (AvgIpc) is 2.60. The number of rotatable bonds is 3. The molecule has 0 atom stereocenters. The van der Waals surface area contributed by atoms with E-state index < -0.39 is 23.5 Å². The van der Waals surface area contributed by atoms with Crippen LogP contribution in [0.2, 0.25) is 0 Å². The van der Waals surface area contributed by atoms with Gasteiger partial charge in [-0.05, 0) is 24.1 Å². The second kappa shape index (κ2) is 6.91. The van der Waals surface area contributed by atoms with Crippen LogP contribution in [0, 0.1) is 0 Å². The number of benzene rings is 1. The van der Waals surface area contributed by atoms with Gasteiger partial charge in [-0.1, -0.05) is 12.1 Å². The van der Waals surface area contributed by atoms with Crippen LogP contribution in [-0.4, -0.2) is 34.5 Å². The zero-order valence-electron chi connectivity index (χ0n) is 13.9. The van der Waals surface area contributed by atoms with Gasteiger partial charge in [-0.3, -0.25) is 9.69 Å². The highest BCUT2D eigenvalue weighted by Gasteiger charge is 2.36. The molecule has 0 fully saturated rings. The normalized spacial score (nSPS) is 14.8.